The molecule has 0 fully saturated rings. The van der Waals surface area contributed by atoms with Gasteiger partial charge < -0.3 is 0 Å². The van der Waals surface area contributed by atoms with Crippen LogP contribution in [0.15, 0.2) is 41.3 Å². The van der Waals surface area contributed by atoms with E-state index in [1.807, 2.05) is 19.1 Å². The van der Waals surface area contributed by atoms with Gasteiger partial charge in [-0.2, -0.15) is 0 Å². The Morgan fingerprint density at radius 2 is 1.12 bits per heavy atom. The van der Waals surface area contributed by atoms with Crippen LogP contribution in [0, 0.1) is 20.8 Å². The van der Waals surface area contributed by atoms with Crippen LogP contribution in [0.3, 0.4) is 0 Å². The molecule has 0 spiro atoms. The molecule has 2 aromatic carbocycles. The lowest BCUT2D eigenvalue weighted by Crippen LogP contribution is -2.28. The number of aryl methyl sites for hydroxylation is 3. The van der Waals surface area contributed by atoms with Gasteiger partial charge in [-0.3, -0.25) is 8.61 Å². The highest BCUT2D eigenvalue weighted by Gasteiger charge is 2.25. The molecule has 8 heteroatoms. The maximum Gasteiger partial charge on any atom is 0.264 e. The fourth-order valence-corrected chi connectivity index (χ4v) is 5.02. The highest BCUT2D eigenvalue weighted by atomic mass is 32.2. The first kappa shape index (κ1) is 20.3. The van der Waals surface area contributed by atoms with Gasteiger partial charge in [0.15, 0.2) is 0 Å². The Balaban J connectivity index is 2.44. The van der Waals surface area contributed by atoms with Crippen LogP contribution in [0.4, 0.5) is 11.4 Å². The molecule has 0 N–H and O–H groups in total. The molecule has 0 saturated heterocycles. The molecule has 2 aromatic rings. The molecule has 0 amide bonds. The fraction of sp³-hybridized carbons (Fsp3) is 0.333. The number of hydrogen-bond acceptors (Lipinski definition) is 4. The summed E-state index contributed by atoms with van der Waals surface area (Å²) < 4.78 is 51.7. The minimum atomic E-state index is -3.73. The lowest BCUT2D eigenvalue weighted by Gasteiger charge is -2.23. The van der Waals surface area contributed by atoms with Crippen LogP contribution in [0.1, 0.15) is 16.7 Å². The standard InChI is InChI=1S/C18H24N2O4S2/c1-13-11-14(2)18(15(3)12-13)26(23,24)20(5)17-9-7-16(8-10-17)19(4)25(6,21)22/h7-12H,1-6H3. The van der Waals surface area contributed by atoms with Gasteiger partial charge in [-0.05, 0) is 56.2 Å². The average molecular weight is 397 g/mol. The second kappa shape index (κ2) is 6.92. The molecule has 0 aromatic heterocycles. The van der Waals surface area contributed by atoms with Gasteiger partial charge in [0.2, 0.25) is 10.0 Å². The first-order chi connectivity index (χ1) is 11.9. The van der Waals surface area contributed by atoms with Crippen molar-refractivity contribution in [2.45, 2.75) is 25.7 Å². The van der Waals surface area contributed by atoms with E-state index >= 15 is 0 Å². The van der Waals surface area contributed by atoms with Crippen molar-refractivity contribution >= 4 is 31.4 Å². The molecule has 0 bridgehead atoms. The van der Waals surface area contributed by atoms with Gasteiger partial charge in [0.1, 0.15) is 0 Å². The number of rotatable bonds is 5. The van der Waals surface area contributed by atoms with Gasteiger partial charge in [0.05, 0.1) is 22.5 Å². The summed E-state index contributed by atoms with van der Waals surface area (Å²) >= 11 is 0. The van der Waals surface area contributed by atoms with E-state index in [0.717, 1.165) is 16.1 Å². The molecule has 0 saturated carbocycles. The number of benzene rings is 2. The second-order valence-electron chi connectivity index (χ2n) is 6.45. The predicted octanol–water partition coefficient (Wildman–Crippen LogP) is 2.83. The number of hydrogen-bond donors (Lipinski definition) is 0. The molecule has 0 radical (unpaired) electrons. The smallest absolute Gasteiger partial charge is 0.264 e. The quantitative estimate of drug-likeness (QED) is 0.779. The minimum Gasteiger partial charge on any atom is -0.274 e. The number of sulfonamides is 2. The first-order valence-corrected chi connectivity index (χ1v) is 11.3. The van der Waals surface area contributed by atoms with Crippen LogP contribution in [0.25, 0.3) is 0 Å². The van der Waals surface area contributed by atoms with Crippen molar-refractivity contribution in [1.82, 2.24) is 0 Å². The third kappa shape index (κ3) is 3.86. The van der Waals surface area contributed by atoms with E-state index < -0.39 is 20.0 Å². The summed E-state index contributed by atoms with van der Waals surface area (Å²) in [5, 5.41) is 0. The summed E-state index contributed by atoms with van der Waals surface area (Å²) in [6, 6.07) is 10.0. The van der Waals surface area contributed by atoms with Crippen molar-refractivity contribution < 1.29 is 16.8 Å². The molecule has 0 unspecified atom stereocenters. The van der Waals surface area contributed by atoms with Crippen molar-refractivity contribution in [3.8, 4) is 0 Å². The van der Waals surface area contributed by atoms with E-state index in [-0.39, 0.29) is 0 Å². The summed E-state index contributed by atoms with van der Waals surface area (Å²) in [4.78, 5) is 0.294. The van der Waals surface area contributed by atoms with Gasteiger partial charge in [-0.15, -0.1) is 0 Å². The van der Waals surface area contributed by atoms with Crippen LogP contribution < -0.4 is 8.61 Å². The Kier molecular flexibility index (Phi) is 5.39. The fourth-order valence-electron chi connectivity index (χ4n) is 2.91. The van der Waals surface area contributed by atoms with Crippen molar-refractivity contribution in [2.24, 2.45) is 0 Å². The van der Waals surface area contributed by atoms with Gasteiger partial charge in [-0.1, -0.05) is 17.7 Å². The summed E-state index contributed by atoms with van der Waals surface area (Å²) in [5.41, 5.74) is 3.32. The van der Waals surface area contributed by atoms with Gasteiger partial charge in [-0.25, -0.2) is 16.8 Å². The third-order valence-corrected chi connectivity index (χ3v) is 7.60. The molecular weight excluding hydrogens is 372 g/mol. The van der Waals surface area contributed by atoms with Gasteiger partial charge in [0.25, 0.3) is 10.0 Å². The first-order valence-electron chi connectivity index (χ1n) is 7.96. The zero-order valence-corrected chi connectivity index (χ0v) is 17.4. The summed E-state index contributed by atoms with van der Waals surface area (Å²) in [5.74, 6) is 0. The summed E-state index contributed by atoms with van der Waals surface area (Å²) in [6.45, 7) is 5.49. The van der Waals surface area contributed by atoms with E-state index in [4.69, 9.17) is 0 Å². The summed E-state index contributed by atoms with van der Waals surface area (Å²) in [7, 11) is -4.17. The highest BCUT2D eigenvalue weighted by Crippen LogP contribution is 2.29. The van der Waals surface area contributed by atoms with E-state index in [0.29, 0.717) is 27.4 Å². The molecule has 0 heterocycles. The molecule has 0 aliphatic heterocycles. The topological polar surface area (TPSA) is 74.8 Å². The molecule has 2 rings (SSSR count). The lowest BCUT2D eigenvalue weighted by atomic mass is 10.1. The van der Waals surface area contributed by atoms with Crippen molar-refractivity contribution in [3.63, 3.8) is 0 Å². The van der Waals surface area contributed by atoms with Crippen LogP contribution >= 0.6 is 0 Å². The highest BCUT2D eigenvalue weighted by molar-refractivity contribution is 7.93. The van der Waals surface area contributed by atoms with E-state index in [1.165, 1.54) is 18.4 Å². The minimum absolute atomic E-state index is 0.294. The maximum atomic E-state index is 13.1. The Labute approximate surface area is 156 Å². The molecule has 26 heavy (non-hydrogen) atoms. The monoisotopic (exact) mass is 396 g/mol. The van der Waals surface area contributed by atoms with Crippen LogP contribution in [0.2, 0.25) is 0 Å². The molecule has 142 valence electrons. The lowest BCUT2D eigenvalue weighted by molar-refractivity contribution is 0.592. The van der Waals surface area contributed by atoms with E-state index in [9.17, 15) is 16.8 Å². The molecular formula is C18H24N2O4S2. The molecule has 0 aliphatic carbocycles. The SMILES string of the molecule is Cc1cc(C)c(S(=O)(=O)N(C)c2ccc(N(C)S(C)(=O)=O)cc2)c(C)c1. The van der Waals surface area contributed by atoms with Crippen molar-refractivity contribution in [2.75, 3.05) is 29.0 Å². The molecule has 6 nitrogen and oxygen atoms in total. The van der Waals surface area contributed by atoms with Crippen LogP contribution in [0.5, 0.6) is 0 Å². The number of anilines is 2. The molecule has 0 atom stereocenters. The maximum absolute atomic E-state index is 13.1. The van der Waals surface area contributed by atoms with Gasteiger partial charge >= 0.3 is 0 Å². The zero-order valence-electron chi connectivity index (χ0n) is 15.8. The number of nitrogens with zero attached hydrogens (tertiary/aromatic N) is 2. The normalized spacial score (nSPS) is 12.1. The Morgan fingerprint density at radius 3 is 1.50 bits per heavy atom. The van der Waals surface area contributed by atoms with E-state index in [2.05, 4.69) is 0 Å². The van der Waals surface area contributed by atoms with Crippen molar-refractivity contribution in [3.05, 3.63) is 53.1 Å². The zero-order chi connectivity index (χ0) is 19.9. The average Bonchev–Trinajstić information content (AvgIpc) is 2.51. The summed E-state index contributed by atoms with van der Waals surface area (Å²) in [6.07, 6.45) is 1.11. The van der Waals surface area contributed by atoms with Crippen molar-refractivity contribution in [1.29, 1.82) is 0 Å². The second-order valence-corrected chi connectivity index (χ2v) is 10.4. The van der Waals surface area contributed by atoms with Crippen LogP contribution in [-0.2, 0) is 20.0 Å². The van der Waals surface area contributed by atoms with E-state index in [1.54, 1.807) is 38.1 Å². The largest absolute Gasteiger partial charge is 0.274 e. The molecule has 0 aliphatic rings. The van der Waals surface area contributed by atoms with Gasteiger partial charge in [0, 0.05) is 14.1 Å². The Morgan fingerprint density at radius 1 is 0.731 bits per heavy atom. The Hall–Kier alpha value is -2.06. The van der Waals surface area contributed by atoms with Crippen LogP contribution in [-0.4, -0.2) is 37.2 Å². The Bertz CT molecular complexity index is 1000. The predicted molar refractivity (Wildman–Crippen MR) is 106 cm³/mol. The third-order valence-electron chi connectivity index (χ3n) is 4.30.